The zero-order valence-electron chi connectivity index (χ0n) is 13.7. The SMILES string of the molecule is CCCC1CCN(C(=O)C2(N)C3CCCOC3C2(C)C)C1. The number of rotatable bonds is 3. The van der Waals surface area contributed by atoms with Crippen LogP contribution in [0.4, 0.5) is 0 Å². The smallest absolute Gasteiger partial charge is 0.243 e. The van der Waals surface area contributed by atoms with Crippen molar-refractivity contribution < 1.29 is 9.53 Å². The molecule has 4 nitrogen and oxygen atoms in total. The Balaban J connectivity index is 1.74. The Morgan fingerprint density at radius 1 is 1.38 bits per heavy atom. The second-order valence-electron chi connectivity index (χ2n) is 7.83. The topological polar surface area (TPSA) is 55.6 Å². The summed E-state index contributed by atoms with van der Waals surface area (Å²) >= 11 is 0. The summed E-state index contributed by atoms with van der Waals surface area (Å²) in [6.07, 6.45) is 5.78. The highest BCUT2D eigenvalue weighted by Gasteiger charge is 2.71. The first-order valence-electron chi connectivity index (χ1n) is 8.62. The van der Waals surface area contributed by atoms with Crippen molar-refractivity contribution in [1.29, 1.82) is 0 Å². The fourth-order valence-electron chi connectivity index (χ4n) is 4.93. The number of amides is 1. The molecule has 21 heavy (non-hydrogen) atoms. The van der Waals surface area contributed by atoms with Gasteiger partial charge < -0.3 is 15.4 Å². The summed E-state index contributed by atoms with van der Waals surface area (Å²) in [6.45, 7) is 9.04. The van der Waals surface area contributed by atoms with Crippen molar-refractivity contribution in [2.45, 2.75) is 64.5 Å². The molecule has 0 bridgehead atoms. The molecule has 4 unspecified atom stereocenters. The molecule has 1 saturated carbocycles. The van der Waals surface area contributed by atoms with Gasteiger partial charge in [-0.25, -0.2) is 0 Å². The molecule has 0 aromatic heterocycles. The average Bonchev–Trinajstić information content (AvgIpc) is 2.94. The number of likely N-dealkylation sites (tertiary alicyclic amines) is 1. The lowest BCUT2D eigenvalue weighted by atomic mass is 9.46. The van der Waals surface area contributed by atoms with Crippen molar-refractivity contribution in [3.8, 4) is 0 Å². The van der Waals surface area contributed by atoms with Crippen LogP contribution in [0, 0.1) is 17.3 Å². The second-order valence-corrected chi connectivity index (χ2v) is 7.83. The van der Waals surface area contributed by atoms with Crippen molar-refractivity contribution in [2.24, 2.45) is 23.0 Å². The van der Waals surface area contributed by atoms with Crippen LogP contribution in [0.2, 0.25) is 0 Å². The Hall–Kier alpha value is -0.610. The zero-order valence-corrected chi connectivity index (χ0v) is 13.7. The summed E-state index contributed by atoms with van der Waals surface area (Å²) in [5, 5.41) is 0. The molecular formula is C17H30N2O2. The molecule has 2 N–H and O–H groups in total. The quantitative estimate of drug-likeness (QED) is 0.868. The summed E-state index contributed by atoms with van der Waals surface area (Å²) in [4.78, 5) is 15.1. The first-order chi connectivity index (χ1) is 9.92. The maximum absolute atomic E-state index is 13.1. The molecular weight excluding hydrogens is 264 g/mol. The first-order valence-corrected chi connectivity index (χ1v) is 8.62. The molecule has 0 aromatic rings. The third-order valence-electron chi connectivity index (χ3n) is 6.31. The summed E-state index contributed by atoms with van der Waals surface area (Å²) in [5.74, 6) is 1.06. The first kappa shape index (κ1) is 15.3. The molecule has 0 spiro atoms. The lowest BCUT2D eigenvalue weighted by molar-refractivity contribution is -0.229. The van der Waals surface area contributed by atoms with Gasteiger partial charge in [0.15, 0.2) is 0 Å². The largest absolute Gasteiger partial charge is 0.377 e. The Labute approximate surface area is 128 Å². The molecule has 1 amide bonds. The summed E-state index contributed by atoms with van der Waals surface area (Å²) in [5.41, 5.74) is 5.73. The Morgan fingerprint density at radius 2 is 2.14 bits per heavy atom. The van der Waals surface area contributed by atoms with Crippen LogP contribution in [-0.4, -0.2) is 42.1 Å². The van der Waals surface area contributed by atoms with Crippen LogP contribution >= 0.6 is 0 Å². The number of fused-ring (bicyclic) bond motifs is 1. The van der Waals surface area contributed by atoms with E-state index in [2.05, 4.69) is 20.8 Å². The Kier molecular flexibility index (Phi) is 3.81. The van der Waals surface area contributed by atoms with E-state index in [0.717, 1.165) is 39.0 Å². The van der Waals surface area contributed by atoms with Crippen LogP contribution in [0.1, 0.15) is 52.9 Å². The lowest BCUT2D eigenvalue weighted by Crippen LogP contribution is -2.82. The van der Waals surface area contributed by atoms with Gasteiger partial charge in [0.05, 0.1) is 6.10 Å². The minimum Gasteiger partial charge on any atom is -0.377 e. The Morgan fingerprint density at radius 3 is 2.86 bits per heavy atom. The molecule has 1 aliphatic carbocycles. The number of nitrogens with zero attached hydrogens (tertiary/aromatic N) is 1. The highest BCUT2D eigenvalue weighted by Crippen LogP contribution is 2.58. The average molecular weight is 294 g/mol. The van der Waals surface area contributed by atoms with Crippen molar-refractivity contribution in [2.75, 3.05) is 19.7 Å². The maximum atomic E-state index is 13.1. The summed E-state index contributed by atoms with van der Waals surface area (Å²) in [7, 11) is 0. The van der Waals surface area contributed by atoms with E-state index in [0.29, 0.717) is 5.92 Å². The summed E-state index contributed by atoms with van der Waals surface area (Å²) in [6, 6.07) is 0. The van der Waals surface area contributed by atoms with Crippen LogP contribution < -0.4 is 5.73 Å². The van der Waals surface area contributed by atoms with Gasteiger partial charge in [-0.15, -0.1) is 0 Å². The highest BCUT2D eigenvalue weighted by atomic mass is 16.5. The molecule has 2 heterocycles. The molecule has 120 valence electrons. The Bertz CT molecular complexity index is 423. The van der Waals surface area contributed by atoms with Gasteiger partial charge in [0.25, 0.3) is 0 Å². The third-order valence-corrected chi connectivity index (χ3v) is 6.31. The van der Waals surface area contributed by atoms with Crippen LogP contribution in [0.15, 0.2) is 0 Å². The molecule has 0 aromatic carbocycles. The minimum atomic E-state index is -0.723. The third kappa shape index (κ3) is 2.06. The monoisotopic (exact) mass is 294 g/mol. The van der Waals surface area contributed by atoms with Crippen molar-refractivity contribution >= 4 is 5.91 Å². The standard InChI is InChI=1S/C17H30N2O2/c1-4-6-12-8-9-19(11-12)15(20)17(18)13-7-5-10-21-14(13)16(17,2)3/h12-14H,4-11,18H2,1-3H3. The van der Waals surface area contributed by atoms with E-state index in [1.165, 1.54) is 12.8 Å². The van der Waals surface area contributed by atoms with E-state index in [4.69, 9.17) is 10.5 Å². The van der Waals surface area contributed by atoms with Crippen LogP contribution in [0.3, 0.4) is 0 Å². The number of hydrogen-bond acceptors (Lipinski definition) is 3. The molecule has 3 fully saturated rings. The zero-order chi connectivity index (χ0) is 15.3. The van der Waals surface area contributed by atoms with Gasteiger partial charge in [0, 0.05) is 31.0 Å². The molecule has 3 aliphatic rings. The van der Waals surface area contributed by atoms with Gasteiger partial charge in [0.1, 0.15) is 5.54 Å². The van der Waals surface area contributed by atoms with Crippen molar-refractivity contribution in [1.82, 2.24) is 4.90 Å². The van der Waals surface area contributed by atoms with Gasteiger partial charge in [-0.2, -0.15) is 0 Å². The molecule has 4 heteroatoms. The van der Waals surface area contributed by atoms with Gasteiger partial charge >= 0.3 is 0 Å². The molecule has 3 rings (SSSR count). The normalized spacial score (nSPS) is 41.5. The van der Waals surface area contributed by atoms with E-state index < -0.39 is 5.54 Å². The van der Waals surface area contributed by atoms with Gasteiger partial charge in [-0.1, -0.05) is 27.2 Å². The second kappa shape index (κ2) is 5.24. The van der Waals surface area contributed by atoms with E-state index in [9.17, 15) is 4.79 Å². The van der Waals surface area contributed by atoms with E-state index in [1.807, 2.05) is 4.90 Å². The summed E-state index contributed by atoms with van der Waals surface area (Å²) < 4.78 is 5.91. The van der Waals surface area contributed by atoms with E-state index >= 15 is 0 Å². The highest BCUT2D eigenvalue weighted by molar-refractivity contribution is 5.89. The molecule has 2 saturated heterocycles. The van der Waals surface area contributed by atoms with Crippen LogP contribution in [0.5, 0.6) is 0 Å². The fraction of sp³-hybridized carbons (Fsp3) is 0.941. The lowest BCUT2D eigenvalue weighted by Gasteiger charge is -2.65. The number of carbonyl (C=O) groups excluding carboxylic acids is 1. The predicted molar refractivity (Wildman–Crippen MR) is 82.8 cm³/mol. The van der Waals surface area contributed by atoms with E-state index in [-0.39, 0.29) is 23.3 Å². The number of hydrogen-bond donors (Lipinski definition) is 1. The predicted octanol–water partition coefficient (Wildman–Crippen LogP) is 2.17. The van der Waals surface area contributed by atoms with Gasteiger partial charge in [-0.3, -0.25) is 4.79 Å². The van der Waals surface area contributed by atoms with Crippen LogP contribution in [-0.2, 0) is 9.53 Å². The number of ether oxygens (including phenoxy) is 1. The minimum absolute atomic E-state index is 0.161. The van der Waals surface area contributed by atoms with Crippen molar-refractivity contribution in [3.05, 3.63) is 0 Å². The van der Waals surface area contributed by atoms with Crippen LogP contribution in [0.25, 0.3) is 0 Å². The van der Waals surface area contributed by atoms with Gasteiger partial charge in [-0.05, 0) is 31.6 Å². The van der Waals surface area contributed by atoms with Gasteiger partial charge in [0.2, 0.25) is 5.91 Å². The maximum Gasteiger partial charge on any atom is 0.243 e. The number of nitrogens with two attached hydrogens (primary N) is 1. The van der Waals surface area contributed by atoms with E-state index in [1.54, 1.807) is 0 Å². The molecule has 2 aliphatic heterocycles. The molecule has 0 radical (unpaired) electrons. The number of carbonyl (C=O) groups is 1. The van der Waals surface area contributed by atoms with Crippen molar-refractivity contribution in [3.63, 3.8) is 0 Å². The fourth-order valence-corrected chi connectivity index (χ4v) is 4.93. The molecule has 4 atom stereocenters.